The number of amides is 3. The highest BCUT2D eigenvalue weighted by atomic mass is 16.5. The average Bonchev–Trinajstić information content (AvgIpc) is 3.63. The van der Waals surface area contributed by atoms with Gasteiger partial charge < -0.3 is 29.3 Å². The van der Waals surface area contributed by atoms with Gasteiger partial charge in [0, 0.05) is 45.0 Å². The minimum Gasteiger partial charge on any atom is -0.394 e. The van der Waals surface area contributed by atoms with Gasteiger partial charge in [0.1, 0.15) is 11.6 Å². The molecule has 3 amide bonds. The smallest absolute Gasteiger partial charge is 0.248 e. The van der Waals surface area contributed by atoms with E-state index in [4.69, 9.17) is 9.47 Å². The zero-order valence-electron chi connectivity index (χ0n) is 28.1. The summed E-state index contributed by atoms with van der Waals surface area (Å²) in [6.45, 7) is 15.9. The van der Waals surface area contributed by atoms with E-state index < -0.39 is 41.7 Å². The number of rotatable bonds is 13. The number of para-hydroxylation sites is 1. The molecular formula is C38H48N4O6. The van der Waals surface area contributed by atoms with Crippen molar-refractivity contribution in [1.29, 1.82) is 0 Å². The first-order valence-electron chi connectivity index (χ1n) is 17.1. The van der Waals surface area contributed by atoms with Gasteiger partial charge in [-0.05, 0) is 37.0 Å². The molecule has 48 heavy (non-hydrogen) atoms. The summed E-state index contributed by atoms with van der Waals surface area (Å²) in [5, 5.41) is 10.9. The molecule has 256 valence electrons. The number of hydrogen-bond acceptors (Lipinski definition) is 7. The summed E-state index contributed by atoms with van der Waals surface area (Å²) in [5.41, 5.74) is -0.849. The predicted octanol–water partition coefficient (Wildman–Crippen LogP) is 3.30. The molecule has 1 spiro atoms. The van der Waals surface area contributed by atoms with Crippen LogP contribution in [-0.4, -0.2) is 114 Å². The van der Waals surface area contributed by atoms with Crippen molar-refractivity contribution in [3.8, 4) is 0 Å². The van der Waals surface area contributed by atoms with E-state index in [0.29, 0.717) is 44.0 Å². The van der Waals surface area contributed by atoms with Gasteiger partial charge in [0.05, 0.1) is 43.3 Å². The Bertz CT molecular complexity index is 1500. The summed E-state index contributed by atoms with van der Waals surface area (Å²) >= 11 is 0. The van der Waals surface area contributed by atoms with Gasteiger partial charge in [-0.25, -0.2) is 0 Å². The van der Waals surface area contributed by atoms with Crippen LogP contribution in [0.4, 0.5) is 5.69 Å². The van der Waals surface area contributed by atoms with Crippen LogP contribution in [0.15, 0.2) is 86.0 Å². The van der Waals surface area contributed by atoms with Crippen LogP contribution in [0.2, 0.25) is 0 Å². The van der Waals surface area contributed by atoms with Gasteiger partial charge in [-0.15, -0.1) is 13.2 Å². The van der Waals surface area contributed by atoms with Crippen LogP contribution < -0.4 is 4.90 Å². The van der Waals surface area contributed by atoms with Gasteiger partial charge in [-0.1, -0.05) is 67.6 Å². The lowest BCUT2D eigenvalue weighted by Gasteiger charge is -2.40. The summed E-state index contributed by atoms with van der Waals surface area (Å²) in [4.78, 5) is 52.2. The maximum atomic E-state index is 15.1. The maximum absolute atomic E-state index is 15.1. The number of likely N-dealkylation sites (tertiary alicyclic amines) is 1. The molecule has 0 radical (unpaired) electrons. The van der Waals surface area contributed by atoms with Gasteiger partial charge >= 0.3 is 0 Å². The Kier molecular flexibility index (Phi) is 9.90. The molecule has 0 aromatic heterocycles. The number of aliphatic hydroxyl groups is 1. The zero-order valence-corrected chi connectivity index (χ0v) is 28.1. The van der Waals surface area contributed by atoms with E-state index >= 15 is 9.59 Å². The number of aliphatic hydroxyl groups excluding tert-OH is 1. The first kappa shape index (κ1) is 34.0. The zero-order chi connectivity index (χ0) is 34.1. The number of morpholine rings is 1. The fraction of sp³-hybridized carbons (Fsp3) is 0.500. The molecule has 6 rings (SSSR count). The lowest BCUT2D eigenvalue weighted by atomic mass is 9.62. The number of fused-ring (bicyclic) bond motifs is 1. The SMILES string of the molecule is C=CCN(CCN1CCOCC1)C(=O)C1N([C@H](CO)c2ccccc2)C(=O)[C@@H]2[C@@H](C(=O)N(CC=C)c3ccccc3)[C@]3(C)OC12CC3C. The Hall–Kier alpha value is -3.83. The summed E-state index contributed by atoms with van der Waals surface area (Å²) in [7, 11) is 0. The highest BCUT2D eigenvalue weighted by Gasteiger charge is 2.80. The summed E-state index contributed by atoms with van der Waals surface area (Å²) < 4.78 is 12.6. The van der Waals surface area contributed by atoms with E-state index in [1.807, 2.05) is 74.5 Å². The molecule has 2 aromatic rings. The van der Waals surface area contributed by atoms with Gasteiger partial charge in [-0.2, -0.15) is 0 Å². The summed E-state index contributed by atoms with van der Waals surface area (Å²) in [5.74, 6) is -2.74. The largest absolute Gasteiger partial charge is 0.394 e. The standard InChI is InChI=1S/C38H48N4O6/c1-5-17-40(20-19-39-21-23-47-24-22-39)36(46)33-38-25-27(3)37(4,48-38)31(34(44)41(18-6-2)29-15-11-8-12-16-29)32(38)35(45)42(33)30(26-43)28-13-9-7-10-14-28/h5-16,27,30-33,43H,1-2,17-26H2,3-4H3/t27?,30-,31+,32+,33?,37-,38?/m1/s1. The van der Waals surface area contributed by atoms with Crippen LogP contribution in [0.3, 0.4) is 0 Å². The predicted molar refractivity (Wildman–Crippen MR) is 183 cm³/mol. The third-order valence-electron chi connectivity index (χ3n) is 11.0. The molecule has 1 N–H and O–H groups in total. The molecule has 2 aromatic carbocycles. The third kappa shape index (κ3) is 5.68. The molecule has 4 heterocycles. The molecule has 2 bridgehead atoms. The number of carbonyl (C=O) groups excluding carboxylic acids is 3. The summed E-state index contributed by atoms with van der Waals surface area (Å²) in [6, 6.07) is 16.8. The highest BCUT2D eigenvalue weighted by molar-refractivity contribution is 6.03. The Morgan fingerprint density at radius 1 is 1.02 bits per heavy atom. The van der Waals surface area contributed by atoms with E-state index in [1.165, 1.54) is 0 Å². The Balaban J connectivity index is 1.44. The van der Waals surface area contributed by atoms with E-state index in [1.54, 1.807) is 26.9 Å². The van der Waals surface area contributed by atoms with Crippen LogP contribution in [0.1, 0.15) is 31.9 Å². The van der Waals surface area contributed by atoms with E-state index in [9.17, 15) is 9.90 Å². The Morgan fingerprint density at radius 2 is 1.67 bits per heavy atom. The van der Waals surface area contributed by atoms with Crippen molar-refractivity contribution in [3.63, 3.8) is 0 Å². The number of hydrogen-bond donors (Lipinski definition) is 1. The van der Waals surface area contributed by atoms with Crippen LogP contribution in [0, 0.1) is 17.8 Å². The molecule has 3 unspecified atom stereocenters. The first-order chi connectivity index (χ1) is 23.2. The van der Waals surface area contributed by atoms with Crippen molar-refractivity contribution in [1.82, 2.24) is 14.7 Å². The number of benzene rings is 2. The second kappa shape index (κ2) is 14.0. The van der Waals surface area contributed by atoms with Crippen LogP contribution in [0.25, 0.3) is 0 Å². The monoisotopic (exact) mass is 656 g/mol. The van der Waals surface area contributed by atoms with Crippen LogP contribution in [0.5, 0.6) is 0 Å². The molecule has 4 saturated heterocycles. The average molecular weight is 657 g/mol. The lowest BCUT2D eigenvalue weighted by molar-refractivity contribution is -0.155. The van der Waals surface area contributed by atoms with Crippen LogP contribution >= 0.6 is 0 Å². The third-order valence-corrected chi connectivity index (χ3v) is 11.0. The van der Waals surface area contributed by atoms with Crippen LogP contribution in [-0.2, 0) is 23.9 Å². The lowest BCUT2D eigenvalue weighted by Crippen LogP contribution is -2.58. The van der Waals surface area contributed by atoms with Crippen molar-refractivity contribution in [2.24, 2.45) is 17.8 Å². The molecular weight excluding hydrogens is 608 g/mol. The van der Waals surface area contributed by atoms with E-state index in [2.05, 4.69) is 18.1 Å². The number of nitrogens with zero attached hydrogens (tertiary/aromatic N) is 4. The van der Waals surface area contributed by atoms with Crippen molar-refractivity contribution in [2.45, 2.75) is 43.6 Å². The highest BCUT2D eigenvalue weighted by Crippen LogP contribution is 2.66. The molecule has 4 aliphatic rings. The minimum absolute atomic E-state index is 0.127. The Labute approximate surface area is 283 Å². The topological polar surface area (TPSA) is 103 Å². The second-order valence-corrected chi connectivity index (χ2v) is 13.7. The van der Waals surface area contributed by atoms with Gasteiger partial charge in [0.2, 0.25) is 17.7 Å². The van der Waals surface area contributed by atoms with E-state index in [-0.39, 0.29) is 36.7 Å². The van der Waals surface area contributed by atoms with E-state index in [0.717, 1.165) is 13.1 Å². The second-order valence-electron chi connectivity index (χ2n) is 13.7. The fourth-order valence-corrected chi connectivity index (χ4v) is 8.63. The molecule has 4 aliphatic heterocycles. The molecule has 0 saturated carbocycles. The fourth-order valence-electron chi connectivity index (χ4n) is 8.63. The molecule has 7 atom stereocenters. The van der Waals surface area contributed by atoms with Gasteiger partial charge in [0.25, 0.3) is 0 Å². The quantitative estimate of drug-likeness (QED) is 0.330. The number of anilines is 1. The van der Waals surface area contributed by atoms with Gasteiger partial charge in [0.15, 0.2) is 0 Å². The molecule has 4 fully saturated rings. The first-order valence-corrected chi connectivity index (χ1v) is 17.1. The normalized spacial score (nSPS) is 30.1. The number of ether oxygens (including phenoxy) is 2. The molecule has 10 nitrogen and oxygen atoms in total. The minimum atomic E-state index is -1.26. The van der Waals surface area contributed by atoms with Crippen molar-refractivity contribution in [3.05, 3.63) is 91.5 Å². The molecule has 10 heteroatoms. The Morgan fingerprint density at radius 3 is 2.29 bits per heavy atom. The van der Waals surface area contributed by atoms with Crippen molar-refractivity contribution in [2.75, 3.05) is 64.0 Å². The van der Waals surface area contributed by atoms with Crippen molar-refractivity contribution < 1.29 is 29.0 Å². The maximum Gasteiger partial charge on any atom is 0.248 e. The molecule has 0 aliphatic carbocycles. The van der Waals surface area contributed by atoms with Crippen molar-refractivity contribution >= 4 is 23.4 Å². The van der Waals surface area contributed by atoms with Gasteiger partial charge in [-0.3, -0.25) is 19.3 Å². The summed E-state index contributed by atoms with van der Waals surface area (Å²) in [6.07, 6.45) is 3.81. The number of carbonyl (C=O) groups is 3.